The summed E-state index contributed by atoms with van der Waals surface area (Å²) in [5.41, 5.74) is 4.28. The molecule has 5 rings (SSSR count). The van der Waals surface area contributed by atoms with Crippen molar-refractivity contribution in [1.82, 2.24) is 4.90 Å². The Kier molecular flexibility index (Phi) is 7.24. The Hall–Kier alpha value is -2.42. The summed E-state index contributed by atoms with van der Waals surface area (Å²) in [7, 11) is 0. The largest absolute Gasteiger partial charge is 0.371 e. The van der Waals surface area contributed by atoms with Crippen molar-refractivity contribution < 1.29 is 4.74 Å². The highest BCUT2D eigenvalue weighted by Gasteiger charge is 2.38. The fourth-order valence-electron chi connectivity index (χ4n) is 6.09. The molecule has 1 saturated heterocycles. The summed E-state index contributed by atoms with van der Waals surface area (Å²) in [6.45, 7) is 5.82. The number of ether oxygens (including phenoxy) is 1. The smallest absolute Gasteiger partial charge is 0.0800 e. The minimum Gasteiger partial charge on any atom is -0.371 e. The fourth-order valence-corrected chi connectivity index (χ4v) is 6.09. The monoisotopic (exact) mass is 439 g/mol. The summed E-state index contributed by atoms with van der Waals surface area (Å²) in [4.78, 5) is 2.73. The van der Waals surface area contributed by atoms with E-state index in [0.29, 0.717) is 17.9 Å². The number of hydrogen-bond acceptors (Lipinski definition) is 2. The molecule has 2 nitrogen and oxygen atoms in total. The summed E-state index contributed by atoms with van der Waals surface area (Å²) in [6, 6.07) is 32.9. The minimum absolute atomic E-state index is 0.146. The molecular formula is C31H37NO. The maximum absolute atomic E-state index is 6.62. The zero-order valence-electron chi connectivity index (χ0n) is 19.9. The van der Waals surface area contributed by atoms with Crippen LogP contribution in [0, 0.1) is 5.92 Å². The Morgan fingerprint density at radius 3 is 1.97 bits per heavy atom. The lowest BCUT2D eigenvalue weighted by atomic mass is 9.86. The highest BCUT2D eigenvalue weighted by molar-refractivity contribution is 5.23. The first-order chi connectivity index (χ1) is 16.3. The van der Waals surface area contributed by atoms with E-state index >= 15 is 0 Å². The van der Waals surface area contributed by atoms with Gasteiger partial charge in [-0.05, 0) is 80.1 Å². The number of piperidine rings is 1. The molecule has 0 N–H and O–H groups in total. The molecule has 4 unspecified atom stereocenters. The number of rotatable bonds is 7. The topological polar surface area (TPSA) is 12.5 Å². The van der Waals surface area contributed by atoms with Crippen LogP contribution < -0.4 is 0 Å². The van der Waals surface area contributed by atoms with Crippen LogP contribution >= 0.6 is 0 Å². The molecule has 4 atom stereocenters. The third kappa shape index (κ3) is 5.57. The van der Waals surface area contributed by atoms with Gasteiger partial charge in [0.2, 0.25) is 0 Å². The van der Waals surface area contributed by atoms with E-state index < -0.39 is 0 Å². The molecule has 1 saturated carbocycles. The molecule has 2 aliphatic rings. The van der Waals surface area contributed by atoms with Gasteiger partial charge in [0, 0.05) is 6.54 Å². The number of likely N-dealkylation sites (tertiary alicyclic amines) is 1. The Balaban J connectivity index is 1.23. The highest BCUT2D eigenvalue weighted by Crippen LogP contribution is 2.43. The highest BCUT2D eigenvalue weighted by atomic mass is 16.5. The van der Waals surface area contributed by atoms with Gasteiger partial charge in [-0.1, -0.05) is 91.0 Å². The molecule has 2 fully saturated rings. The van der Waals surface area contributed by atoms with Crippen molar-refractivity contribution in [2.75, 3.05) is 19.6 Å². The van der Waals surface area contributed by atoms with E-state index in [1.165, 1.54) is 49.2 Å². The Labute approximate surface area is 199 Å². The third-order valence-electron chi connectivity index (χ3n) is 7.90. The molecule has 1 heterocycles. The van der Waals surface area contributed by atoms with E-state index in [9.17, 15) is 0 Å². The zero-order chi connectivity index (χ0) is 22.5. The van der Waals surface area contributed by atoms with Crippen LogP contribution in [0.25, 0.3) is 0 Å². The molecule has 2 heteroatoms. The van der Waals surface area contributed by atoms with Gasteiger partial charge in [-0.15, -0.1) is 0 Å². The normalized spacial score (nSPS) is 25.2. The van der Waals surface area contributed by atoms with Crippen molar-refractivity contribution in [1.29, 1.82) is 0 Å². The Bertz CT molecular complexity index is 966. The lowest BCUT2D eigenvalue weighted by Gasteiger charge is -2.35. The van der Waals surface area contributed by atoms with Crippen LogP contribution in [0.2, 0.25) is 0 Å². The summed E-state index contributed by atoms with van der Waals surface area (Å²) >= 11 is 0. The number of benzene rings is 3. The van der Waals surface area contributed by atoms with Gasteiger partial charge in [0.15, 0.2) is 0 Å². The van der Waals surface area contributed by atoms with Gasteiger partial charge in [-0.25, -0.2) is 0 Å². The standard InChI is InChI=1S/C31H37NO/c1-24(25-11-5-2-6-12-25)33-30-21-29(31(22-30)28-15-9-4-10-16-28)23-32-19-17-27(18-20-32)26-13-7-3-8-14-26/h2-16,24,27,29-31H,17-23H2,1H3. The first-order valence-corrected chi connectivity index (χ1v) is 12.8. The van der Waals surface area contributed by atoms with Gasteiger partial charge >= 0.3 is 0 Å². The molecule has 0 radical (unpaired) electrons. The molecular weight excluding hydrogens is 402 g/mol. The maximum Gasteiger partial charge on any atom is 0.0800 e. The Morgan fingerprint density at radius 2 is 1.33 bits per heavy atom. The quantitative estimate of drug-likeness (QED) is 0.386. The molecule has 0 aromatic heterocycles. The van der Waals surface area contributed by atoms with Gasteiger partial charge in [0.05, 0.1) is 12.2 Å². The first-order valence-electron chi connectivity index (χ1n) is 12.8. The minimum atomic E-state index is 0.146. The van der Waals surface area contributed by atoms with Crippen LogP contribution in [0.15, 0.2) is 91.0 Å². The summed E-state index contributed by atoms with van der Waals surface area (Å²) in [5.74, 6) is 1.97. The zero-order valence-corrected chi connectivity index (χ0v) is 19.9. The molecule has 3 aromatic carbocycles. The molecule has 0 amide bonds. The number of hydrogen-bond donors (Lipinski definition) is 0. The van der Waals surface area contributed by atoms with Crippen LogP contribution in [-0.2, 0) is 4.74 Å². The van der Waals surface area contributed by atoms with E-state index in [4.69, 9.17) is 4.74 Å². The first kappa shape index (κ1) is 22.4. The van der Waals surface area contributed by atoms with Gasteiger partial charge in [-0.3, -0.25) is 0 Å². The Morgan fingerprint density at radius 1 is 0.758 bits per heavy atom. The molecule has 0 bridgehead atoms. The average Bonchev–Trinajstić information content (AvgIpc) is 3.28. The van der Waals surface area contributed by atoms with Crippen LogP contribution in [0.5, 0.6) is 0 Å². The van der Waals surface area contributed by atoms with Crippen LogP contribution in [0.4, 0.5) is 0 Å². The van der Waals surface area contributed by atoms with E-state index in [1.807, 2.05) is 0 Å². The van der Waals surface area contributed by atoms with Crippen molar-refractivity contribution in [3.8, 4) is 0 Å². The van der Waals surface area contributed by atoms with Crippen LogP contribution in [0.1, 0.15) is 67.2 Å². The van der Waals surface area contributed by atoms with Crippen molar-refractivity contribution in [2.45, 2.75) is 56.7 Å². The van der Waals surface area contributed by atoms with E-state index in [0.717, 1.165) is 18.8 Å². The molecule has 1 aliphatic carbocycles. The molecule has 1 aliphatic heterocycles. The lowest BCUT2D eigenvalue weighted by molar-refractivity contribution is -0.00248. The van der Waals surface area contributed by atoms with Crippen molar-refractivity contribution in [2.24, 2.45) is 5.92 Å². The second kappa shape index (κ2) is 10.7. The summed E-state index contributed by atoms with van der Waals surface area (Å²) < 4.78 is 6.62. The predicted molar refractivity (Wildman–Crippen MR) is 136 cm³/mol. The molecule has 3 aromatic rings. The van der Waals surface area contributed by atoms with E-state index in [2.05, 4.69) is 103 Å². The second-order valence-corrected chi connectivity index (χ2v) is 10.0. The molecule has 33 heavy (non-hydrogen) atoms. The molecule has 172 valence electrons. The predicted octanol–water partition coefficient (Wildman–Crippen LogP) is 7.21. The van der Waals surface area contributed by atoms with Gasteiger partial charge < -0.3 is 9.64 Å². The fraction of sp³-hybridized carbons (Fsp3) is 0.419. The van der Waals surface area contributed by atoms with Crippen molar-refractivity contribution >= 4 is 0 Å². The average molecular weight is 440 g/mol. The van der Waals surface area contributed by atoms with Crippen LogP contribution in [0.3, 0.4) is 0 Å². The molecule has 0 spiro atoms. The lowest BCUT2D eigenvalue weighted by Crippen LogP contribution is -2.37. The van der Waals surface area contributed by atoms with Gasteiger partial charge in [0.25, 0.3) is 0 Å². The van der Waals surface area contributed by atoms with E-state index in [-0.39, 0.29) is 6.10 Å². The summed E-state index contributed by atoms with van der Waals surface area (Å²) in [5, 5.41) is 0. The second-order valence-electron chi connectivity index (χ2n) is 10.0. The van der Waals surface area contributed by atoms with Crippen LogP contribution in [-0.4, -0.2) is 30.6 Å². The van der Waals surface area contributed by atoms with E-state index in [1.54, 1.807) is 0 Å². The third-order valence-corrected chi connectivity index (χ3v) is 7.90. The summed E-state index contributed by atoms with van der Waals surface area (Å²) in [6.07, 6.45) is 5.32. The van der Waals surface area contributed by atoms with Gasteiger partial charge in [-0.2, -0.15) is 0 Å². The maximum atomic E-state index is 6.62. The SMILES string of the molecule is CC(OC1CC(CN2CCC(c3ccccc3)CC2)C(c2ccccc2)C1)c1ccccc1. The van der Waals surface area contributed by atoms with Crippen molar-refractivity contribution in [3.63, 3.8) is 0 Å². The van der Waals surface area contributed by atoms with Crippen molar-refractivity contribution in [3.05, 3.63) is 108 Å². The number of nitrogens with zero attached hydrogens (tertiary/aromatic N) is 1. The van der Waals surface area contributed by atoms with Gasteiger partial charge in [0.1, 0.15) is 0 Å².